The Bertz CT molecular complexity index is 1220. The van der Waals surface area contributed by atoms with E-state index in [0.29, 0.717) is 6.42 Å². The van der Waals surface area contributed by atoms with Crippen LogP contribution in [0.4, 0.5) is 4.39 Å². The maximum absolute atomic E-state index is 14.2. The van der Waals surface area contributed by atoms with Gasteiger partial charge in [-0.2, -0.15) is 0 Å². The van der Waals surface area contributed by atoms with Gasteiger partial charge in [0.1, 0.15) is 5.82 Å². The zero-order valence-electron chi connectivity index (χ0n) is 17.4. The summed E-state index contributed by atoms with van der Waals surface area (Å²) in [5, 5.41) is 0. The summed E-state index contributed by atoms with van der Waals surface area (Å²) in [5.41, 5.74) is 12.2. The van der Waals surface area contributed by atoms with Crippen molar-refractivity contribution in [3.05, 3.63) is 100 Å². The van der Waals surface area contributed by atoms with Gasteiger partial charge in [0.25, 0.3) is 0 Å². The van der Waals surface area contributed by atoms with Crippen molar-refractivity contribution in [2.45, 2.75) is 39.5 Å². The molecule has 0 heterocycles. The van der Waals surface area contributed by atoms with Crippen molar-refractivity contribution in [3.8, 4) is 22.3 Å². The average molecular weight is 381 g/mol. The van der Waals surface area contributed by atoms with Gasteiger partial charge >= 0.3 is 0 Å². The molecule has 1 heteroatoms. The zero-order valence-corrected chi connectivity index (χ0v) is 17.4. The third-order valence-electron chi connectivity index (χ3n) is 6.88. The Kier molecular flexibility index (Phi) is 3.93. The van der Waals surface area contributed by atoms with Gasteiger partial charge in [-0.05, 0) is 76.6 Å². The molecular formula is C28H25F. The van der Waals surface area contributed by atoms with Crippen molar-refractivity contribution >= 4 is 5.57 Å². The van der Waals surface area contributed by atoms with E-state index in [4.69, 9.17) is 0 Å². The Labute approximate surface area is 172 Å². The third-order valence-corrected chi connectivity index (χ3v) is 6.88. The van der Waals surface area contributed by atoms with E-state index in [1.807, 2.05) is 12.1 Å². The molecule has 0 fully saturated rings. The first kappa shape index (κ1) is 18.1. The highest BCUT2D eigenvalue weighted by Crippen LogP contribution is 2.48. The molecule has 3 aromatic carbocycles. The van der Waals surface area contributed by atoms with E-state index in [0.717, 1.165) is 11.1 Å². The molecule has 0 atom stereocenters. The first-order valence-corrected chi connectivity index (χ1v) is 10.3. The molecule has 0 amide bonds. The molecule has 0 spiro atoms. The van der Waals surface area contributed by atoms with Gasteiger partial charge in [0.2, 0.25) is 0 Å². The topological polar surface area (TPSA) is 0 Å². The van der Waals surface area contributed by atoms with E-state index < -0.39 is 0 Å². The molecule has 2 aliphatic carbocycles. The summed E-state index contributed by atoms with van der Waals surface area (Å²) in [7, 11) is 0. The lowest BCUT2D eigenvalue weighted by molar-refractivity contribution is 0.616. The maximum Gasteiger partial charge on any atom is 0.127 e. The van der Waals surface area contributed by atoms with Gasteiger partial charge in [-0.3, -0.25) is 0 Å². The monoisotopic (exact) mass is 380 g/mol. The first-order valence-electron chi connectivity index (χ1n) is 10.3. The van der Waals surface area contributed by atoms with Crippen LogP contribution < -0.4 is 0 Å². The van der Waals surface area contributed by atoms with Crippen LogP contribution in [0.15, 0.2) is 72.3 Å². The van der Waals surface area contributed by atoms with Crippen molar-refractivity contribution in [2.75, 3.05) is 0 Å². The highest BCUT2D eigenvalue weighted by molar-refractivity contribution is 5.88. The van der Waals surface area contributed by atoms with E-state index >= 15 is 0 Å². The summed E-state index contributed by atoms with van der Waals surface area (Å²) in [4.78, 5) is 0. The number of hydrogen-bond donors (Lipinski definition) is 0. The Morgan fingerprint density at radius 3 is 2.45 bits per heavy atom. The predicted molar refractivity (Wildman–Crippen MR) is 121 cm³/mol. The normalized spacial score (nSPS) is 16.3. The van der Waals surface area contributed by atoms with Crippen molar-refractivity contribution in [1.82, 2.24) is 0 Å². The second kappa shape index (κ2) is 6.29. The van der Waals surface area contributed by atoms with E-state index in [-0.39, 0.29) is 11.2 Å². The fourth-order valence-corrected chi connectivity index (χ4v) is 4.94. The summed E-state index contributed by atoms with van der Waals surface area (Å²) in [6, 6.07) is 18.8. The van der Waals surface area contributed by atoms with Crippen LogP contribution in [0.5, 0.6) is 0 Å². The van der Waals surface area contributed by atoms with Crippen LogP contribution in [0, 0.1) is 5.82 Å². The van der Waals surface area contributed by atoms with Crippen LogP contribution in [-0.4, -0.2) is 0 Å². The fraction of sp³-hybridized carbons (Fsp3) is 0.214. The minimum Gasteiger partial charge on any atom is -0.207 e. The molecule has 0 aromatic heterocycles. The van der Waals surface area contributed by atoms with Crippen LogP contribution in [0.3, 0.4) is 0 Å². The van der Waals surface area contributed by atoms with Crippen LogP contribution in [0.2, 0.25) is 0 Å². The fourth-order valence-electron chi connectivity index (χ4n) is 4.94. The smallest absolute Gasteiger partial charge is 0.127 e. The number of benzene rings is 3. The second-order valence-electron chi connectivity index (χ2n) is 8.74. The third kappa shape index (κ3) is 2.57. The van der Waals surface area contributed by atoms with Crippen molar-refractivity contribution in [2.24, 2.45) is 0 Å². The number of hydrogen-bond acceptors (Lipinski definition) is 0. The van der Waals surface area contributed by atoms with E-state index in [1.54, 1.807) is 6.07 Å². The van der Waals surface area contributed by atoms with Crippen LogP contribution in [0.1, 0.15) is 49.9 Å². The molecule has 5 rings (SSSR count). The van der Waals surface area contributed by atoms with Crippen molar-refractivity contribution in [1.29, 1.82) is 0 Å². The number of rotatable bonds is 2. The zero-order chi connectivity index (χ0) is 20.3. The van der Waals surface area contributed by atoms with Gasteiger partial charge in [-0.15, -0.1) is 0 Å². The lowest BCUT2D eigenvalue weighted by atomic mass is 9.81. The molecule has 0 N–H and O–H groups in total. The summed E-state index contributed by atoms with van der Waals surface area (Å²) in [5.74, 6) is -0.0995. The summed E-state index contributed by atoms with van der Waals surface area (Å²) >= 11 is 0. The Morgan fingerprint density at radius 2 is 1.66 bits per heavy atom. The lowest BCUT2D eigenvalue weighted by Crippen LogP contribution is -2.15. The molecular weight excluding hydrogens is 355 g/mol. The van der Waals surface area contributed by atoms with Gasteiger partial charge in [0, 0.05) is 17.4 Å². The molecule has 3 aromatic rings. The van der Waals surface area contributed by atoms with Crippen LogP contribution in [-0.2, 0) is 11.8 Å². The minimum absolute atomic E-state index is 0.0205. The molecule has 0 saturated heterocycles. The van der Waals surface area contributed by atoms with E-state index in [9.17, 15) is 4.39 Å². The molecule has 2 aliphatic rings. The van der Waals surface area contributed by atoms with Crippen LogP contribution in [0.25, 0.3) is 27.8 Å². The molecule has 0 nitrogen and oxygen atoms in total. The Morgan fingerprint density at radius 1 is 0.897 bits per heavy atom. The quantitative estimate of drug-likeness (QED) is 0.334. The standard InChI is InChI=1S/C28H25F/c1-5-7-21-17(2)28(3,4)26-16-19(12-13-23(21)26)18-10-11-20-15-25-22(24(20)14-18)8-6-9-27(25)29/h5-14,16H,15H2,1-4H3/b7-5-. The largest absolute Gasteiger partial charge is 0.207 e. The highest BCUT2D eigenvalue weighted by Gasteiger charge is 2.34. The maximum atomic E-state index is 14.2. The van der Waals surface area contributed by atoms with Gasteiger partial charge in [-0.1, -0.05) is 68.0 Å². The Hall–Kier alpha value is -2.93. The predicted octanol–water partition coefficient (Wildman–Crippen LogP) is 7.70. The van der Waals surface area contributed by atoms with Crippen molar-refractivity contribution in [3.63, 3.8) is 0 Å². The molecule has 144 valence electrons. The molecule has 0 aliphatic heterocycles. The summed E-state index contributed by atoms with van der Waals surface area (Å²) < 4.78 is 14.2. The SMILES string of the molecule is C/C=C\C1=C(C)C(C)(C)c2cc(-c3ccc4c(c3)-c3cccc(F)c3C4)ccc21. The average Bonchev–Trinajstić information content (AvgIpc) is 3.18. The van der Waals surface area contributed by atoms with Gasteiger partial charge in [-0.25, -0.2) is 4.39 Å². The molecule has 0 saturated carbocycles. The summed E-state index contributed by atoms with van der Waals surface area (Å²) in [6.07, 6.45) is 5.03. The van der Waals surface area contributed by atoms with Gasteiger partial charge in [0.05, 0.1) is 0 Å². The number of halogens is 1. The van der Waals surface area contributed by atoms with Crippen molar-refractivity contribution < 1.29 is 4.39 Å². The summed E-state index contributed by atoms with van der Waals surface area (Å²) in [6.45, 7) is 8.94. The molecule has 29 heavy (non-hydrogen) atoms. The Balaban J connectivity index is 1.62. The van der Waals surface area contributed by atoms with E-state index in [1.165, 1.54) is 44.5 Å². The molecule has 0 radical (unpaired) electrons. The minimum atomic E-state index is -0.0995. The molecule has 0 bridgehead atoms. The van der Waals surface area contributed by atoms with Gasteiger partial charge < -0.3 is 0 Å². The second-order valence-corrected chi connectivity index (χ2v) is 8.74. The first-order chi connectivity index (χ1) is 13.9. The van der Waals surface area contributed by atoms with Gasteiger partial charge in [0.15, 0.2) is 0 Å². The van der Waals surface area contributed by atoms with Crippen LogP contribution >= 0.6 is 0 Å². The number of allylic oxidation sites excluding steroid dienone is 4. The highest BCUT2D eigenvalue weighted by atomic mass is 19.1. The van der Waals surface area contributed by atoms with E-state index in [2.05, 4.69) is 76.2 Å². The number of fused-ring (bicyclic) bond motifs is 4. The molecule has 0 unspecified atom stereocenters. The lowest BCUT2D eigenvalue weighted by Gasteiger charge is -2.23.